The van der Waals surface area contributed by atoms with Gasteiger partial charge in [-0.1, -0.05) is 78.0 Å². The highest BCUT2D eigenvalue weighted by molar-refractivity contribution is 7.99. The zero-order chi connectivity index (χ0) is 20.8. The molecule has 4 aromatic rings. The van der Waals surface area contributed by atoms with E-state index in [4.69, 9.17) is 11.6 Å². The van der Waals surface area contributed by atoms with E-state index in [-0.39, 0.29) is 11.7 Å². The molecule has 0 radical (unpaired) electrons. The number of anilines is 1. The molecule has 30 heavy (non-hydrogen) atoms. The topological polar surface area (TPSA) is 59.8 Å². The fraction of sp³-hybridized carbons (Fsp3) is 0.0870. The normalized spacial score (nSPS) is 10.7. The van der Waals surface area contributed by atoms with Gasteiger partial charge in [0.05, 0.1) is 11.4 Å². The Balaban J connectivity index is 1.42. The summed E-state index contributed by atoms with van der Waals surface area (Å²) in [4.78, 5) is 12.6. The van der Waals surface area contributed by atoms with Gasteiger partial charge in [0.2, 0.25) is 5.91 Å². The third-order valence-corrected chi connectivity index (χ3v) is 5.64. The maximum absolute atomic E-state index is 12.6. The molecule has 5 nitrogen and oxygen atoms in total. The second kappa shape index (κ2) is 9.61. The minimum absolute atomic E-state index is 0.0962. The van der Waals surface area contributed by atoms with E-state index < -0.39 is 0 Å². The van der Waals surface area contributed by atoms with Gasteiger partial charge >= 0.3 is 0 Å². The highest BCUT2D eigenvalue weighted by Gasteiger charge is 2.12. The van der Waals surface area contributed by atoms with Crippen molar-refractivity contribution in [3.8, 4) is 5.69 Å². The molecule has 0 atom stereocenters. The molecule has 0 bridgehead atoms. The second-order valence-electron chi connectivity index (χ2n) is 6.62. The lowest BCUT2D eigenvalue weighted by atomic mass is 10.0. The maximum Gasteiger partial charge on any atom is 0.234 e. The van der Waals surface area contributed by atoms with Crippen molar-refractivity contribution >= 4 is 35.0 Å². The Bertz CT molecular complexity index is 1150. The van der Waals surface area contributed by atoms with E-state index in [1.54, 1.807) is 6.33 Å². The summed E-state index contributed by atoms with van der Waals surface area (Å²) in [5.41, 5.74) is 3.94. The number of rotatable bonds is 7. The van der Waals surface area contributed by atoms with Crippen LogP contribution in [0, 0.1) is 0 Å². The van der Waals surface area contributed by atoms with Crippen molar-refractivity contribution in [2.45, 2.75) is 11.6 Å². The third kappa shape index (κ3) is 5.09. The number of hydrogen-bond acceptors (Lipinski definition) is 4. The maximum atomic E-state index is 12.6. The molecule has 0 saturated carbocycles. The van der Waals surface area contributed by atoms with Crippen molar-refractivity contribution in [1.29, 1.82) is 0 Å². The van der Waals surface area contributed by atoms with Gasteiger partial charge in [0.1, 0.15) is 6.33 Å². The van der Waals surface area contributed by atoms with Crippen LogP contribution in [0.2, 0.25) is 5.02 Å². The van der Waals surface area contributed by atoms with Gasteiger partial charge in [0.15, 0.2) is 5.16 Å². The van der Waals surface area contributed by atoms with Gasteiger partial charge in [-0.05, 0) is 41.8 Å². The predicted octanol–water partition coefficient (Wildman–Crippen LogP) is 5.24. The van der Waals surface area contributed by atoms with E-state index in [0.717, 1.165) is 23.4 Å². The molecule has 0 aliphatic heterocycles. The monoisotopic (exact) mass is 434 g/mol. The van der Waals surface area contributed by atoms with Gasteiger partial charge in [-0.3, -0.25) is 9.36 Å². The lowest BCUT2D eigenvalue weighted by Gasteiger charge is -2.11. The highest BCUT2D eigenvalue weighted by Crippen LogP contribution is 2.23. The Hall–Kier alpha value is -3.09. The summed E-state index contributed by atoms with van der Waals surface area (Å²) in [5, 5.41) is 12.4. The van der Waals surface area contributed by atoms with Crippen LogP contribution in [-0.2, 0) is 11.2 Å². The molecule has 0 saturated heterocycles. The van der Waals surface area contributed by atoms with E-state index in [9.17, 15) is 4.79 Å². The zero-order valence-corrected chi connectivity index (χ0v) is 17.6. The van der Waals surface area contributed by atoms with E-state index in [1.165, 1.54) is 17.3 Å². The Morgan fingerprint density at radius 3 is 2.63 bits per heavy atom. The summed E-state index contributed by atoms with van der Waals surface area (Å²) < 4.78 is 1.81. The number of nitrogens with zero attached hydrogens (tertiary/aromatic N) is 3. The van der Waals surface area contributed by atoms with Crippen LogP contribution >= 0.6 is 23.4 Å². The minimum Gasteiger partial charge on any atom is -0.325 e. The molecule has 1 aromatic heterocycles. The summed E-state index contributed by atoms with van der Waals surface area (Å²) in [6.45, 7) is 0. The molecule has 1 heterocycles. The molecular formula is C23H19ClN4OS. The van der Waals surface area contributed by atoms with Crippen molar-refractivity contribution in [3.05, 3.63) is 101 Å². The zero-order valence-electron chi connectivity index (χ0n) is 16.0. The number of nitrogens with one attached hydrogen (secondary N) is 1. The molecule has 0 spiro atoms. The predicted molar refractivity (Wildman–Crippen MR) is 121 cm³/mol. The molecule has 4 rings (SSSR count). The summed E-state index contributed by atoms with van der Waals surface area (Å²) in [6.07, 6.45) is 2.37. The summed E-state index contributed by atoms with van der Waals surface area (Å²) in [5.74, 6) is 0.125. The third-order valence-electron chi connectivity index (χ3n) is 4.46. The molecule has 1 amide bonds. The molecular weight excluding hydrogens is 416 g/mol. The quantitative estimate of drug-likeness (QED) is 0.404. The Morgan fingerprint density at radius 1 is 1.00 bits per heavy atom. The molecule has 3 aromatic carbocycles. The highest BCUT2D eigenvalue weighted by atomic mass is 35.5. The standard InChI is InChI=1S/C23H19ClN4OS/c24-19-10-6-11-20(14-19)28-16-25-27-23(28)30-15-22(29)26-21-12-5-4-9-18(21)13-17-7-2-1-3-8-17/h1-12,14,16H,13,15H2,(H,26,29). The van der Waals surface area contributed by atoms with Crippen LogP contribution in [0.3, 0.4) is 0 Å². The average Bonchev–Trinajstić information content (AvgIpc) is 3.23. The van der Waals surface area contributed by atoms with Crippen molar-refractivity contribution < 1.29 is 4.79 Å². The van der Waals surface area contributed by atoms with Crippen LogP contribution < -0.4 is 5.32 Å². The summed E-state index contributed by atoms with van der Waals surface area (Å²) >= 11 is 7.41. The lowest BCUT2D eigenvalue weighted by Crippen LogP contribution is -2.16. The minimum atomic E-state index is -0.0962. The summed E-state index contributed by atoms with van der Waals surface area (Å²) in [7, 11) is 0. The van der Waals surface area contributed by atoms with Crippen molar-refractivity contribution in [1.82, 2.24) is 14.8 Å². The van der Waals surface area contributed by atoms with Crippen molar-refractivity contribution in [3.63, 3.8) is 0 Å². The van der Waals surface area contributed by atoms with E-state index in [2.05, 4.69) is 27.6 Å². The number of para-hydroxylation sites is 1. The first-order chi connectivity index (χ1) is 14.7. The van der Waals surface area contributed by atoms with Crippen LogP contribution in [0.25, 0.3) is 5.69 Å². The van der Waals surface area contributed by atoms with Gasteiger partial charge < -0.3 is 5.32 Å². The number of benzene rings is 3. The average molecular weight is 435 g/mol. The molecule has 1 N–H and O–H groups in total. The van der Waals surface area contributed by atoms with Gasteiger partial charge in [-0.15, -0.1) is 10.2 Å². The van der Waals surface area contributed by atoms with E-state index in [0.29, 0.717) is 10.2 Å². The first kappa shape index (κ1) is 20.2. The van der Waals surface area contributed by atoms with Gasteiger partial charge in [-0.2, -0.15) is 0 Å². The molecule has 0 unspecified atom stereocenters. The van der Waals surface area contributed by atoms with Gasteiger partial charge in [-0.25, -0.2) is 0 Å². The van der Waals surface area contributed by atoms with Crippen molar-refractivity contribution in [2.24, 2.45) is 0 Å². The number of halogens is 1. The number of carbonyl (C=O) groups is 1. The molecule has 0 aliphatic rings. The fourth-order valence-corrected chi connectivity index (χ4v) is 3.97. The summed E-state index contributed by atoms with van der Waals surface area (Å²) in [6, 6.07) is 25.5. The van der Waals surface area contributed by atoms with Crippen LogP contribution in [0.5, 0.6) is 0 Å². The Kier molecular flexibility index (Phi) is 6.47. The number of thioether (sulfide) groups is 1. The smallest absolute Gasteiger partial charge is 0.234 e. The largest absolute Gasteiger partial charge is 0.325 e. The second-order valence-corrected chi connectivity index (χ2v) is 8.00. The van der Waals surface area contributed by atoms with Crippen LogP contribution in [-0.4, -0.2) is 26.4 Å². The van der Waals surface area contributed by atoms with Crippen molar-refractivity contribution in [2.75, 3.05) is 11.1 Å². The number of aromatic nitrogens is 3. The van der Waals surface area contributed by atoms with Crippen LogP contribution in [0.1, 0.15) is 11.1 Å². The molecule has 0 aliphatic carbocycles. The molecule has 150 valence electrons. The first-order valence-corrected chi connectivity index (χ1v) is 10.8. The SMILES string of the molecule is O=C(CSc1nncn1-c1cccc(Cl)c1)Nc1ccccc1Cc1ccccc1. The van der Waals surface area contributed by atoms with Gasteiger partial charge in [0.25, 0.3) is 0 Å². The fourth-order valence-electron chi connectivity index (χ4n) is 3.05. The first-order valence-electron chi connectivity index (χ1n) is 9.39. The number of carbonyl (C=O) groups excluding carboxylic acids is 1. The van der Waals surface area contributed by atoms with Crippen LogP contribution in [0.15, 0.2) is 90.3 Å². The molecule has 0 fully saturated rings. The molecule has 7 heteroatoms. The van der Waals surface area contributed by atoms with E-state index in [1.807, 2.05) is 71.3 Å². The van der Waals surface area contributed by atoms with Crippen LogP contribution in [0.4, 0.5) is 5.69 Å². The van der Waals surface area contributed by atoms with E-state index >= 15 is 0 Å². The Morgan fingerprint density at radius 2 is 1.80 bits per heavy atom. The lowest BCUT2D eigenvalue weighted by molar-refractivity contribution is -0.113. The Labute approximate surface area is 184 Å². The number of hydrogen-bond donors (Lipinski definition) is 1. The number of amides is 1. The van der Waals surface area contributed by atoms with Gasteiger partial charge in [0, 0.05) is 10.7 Å².